The van der Waals surface area contributed by atoms with Gasteiger partial charge in [0.05, 0.1) is 40.3 Å². The zero-order valence-electron chi connectivity index (χ0n) is 56.6. The number of quaternary nitrogens is 1. The second-order valence-electron chi connectivity index (χ2n) is 27.0. The van der Waals surface area contributed by atoms with E-state index in [4.69, 9.17) is 18.9 Å². The molecular formula is C74H145NO8. The van der Waals surface area contributed by atoms with Gasteiger partial charge in [-0.3, -0.25) is 9.59 Å². The molecule has 0 rings (SSSR count). The zero-order valence-corrected chi connectivity index (χ0v) is 56.6. The molecule has 0 aliphatic carbocycles. The zero-order chi connectivity index (χ0) is 60.5. The van der Waals surface area contributed by atoms with Crippen LogP contribution in [0.2, 0.25) is 0 Å². The number of unbranched alkanes of at least 4 members (excludes halogenated alkanes) is 56. The molecule has 0 heterocycles. The minimum Gasteiger partial charge on any atom is -0.545 e. The number of ether oxygens (including phenoxy) is 4. The largest absolute Gasteiger partial charge is 0.545 e. The highest BCUT2D eigenvalue weighted by Crippen LogP contribution is 2.20. The molecule has 0 aromatic rings. The van der Waals surface area contributed by atoms with Gasteiger partial charge in [-0.05, 0) is 12.8 Å². The van der Waals surface area contributed by atoms with Crippen molar-refractivity contribution in [3.05, 3.63) is 0 Å². The van der Waals surface area contributed by atoms with Gasteiger partial charge in [0.2, 0.25) is 0 Å². The number of carboxylic acid groups (broad SMARTS) is 1. The average Bonchev–Trinajstić information content (AvgIpc) is 3.46. The van der Waals surface area contributed by atoms with E-state index >= 15 is 0 Å². The van der Waals surface area contributed by atoms with Crippen molar-refractivity contribution in [1.82, 2.24) is 0 Å². The van der Waals surface area contributed by atoms with E-state index in [1.807, 2.05) is 21.1 Å². The molecule has 0 aromatic carbocycles. The molecule has 0 amide bonds. The van der Waals surface area contributed by atoms with Crippen LogP contribution < -0.4 is 5.11 Å². The fourth-order valence-electron chi connectivity index (χ4n) is 11.7. The molecule has 0 bridgehead atoms. The van der Waals surface area contributed by atoms with Gasteiger partial charge in [-0.2, -0.15) is 0 Å². The van der Waals surface area contributed by atoms with E-state index < -0.39 is 24.3 Å². The third-order valence-electron chi connectivity index (χ3n) is 17.4. The lowest BCUT2D eigenvalue weighted by Crippen LogP contribution is -2.44. The lowest BCUT2D eigenvalue weighted by Gasteiger charge is -2.26. The Hall–Kier alpha value is -1.71. The maximum atomic E-state index is 12.9. The SMILES string of the molecule is CCCCCCCCCCCCCCCCCCCCCCCCCCCCCCCCCCC(=O)OC(COC(=O)CCCCCCCCCCCCCCCCCCCCCCCCCCCC)COC(OCC[N+](C)(C)C)C(=O)[O-]. The number of nitrogens with zero attached hydrogens (tertiary/aromatic N) is 1. The number of carboxylic acids is 1. The van der Waals surface area contributed by atoms with E-state index in [0.29, 0.717) is 17.4 Å². The summed E-state index contributed by atoms with van der Waals surface area (Å²) in [7, 11) is 5.95. The molecule has 0 aliphatic heterocycles. The quantitative estimate of drug-likeness (QED) is 0.0256. The molecule has 0 saturated carbocycles. The van der Waals surface area contributed by atoms with Crippen molar-refractivity contribution < 1.29 is 42.9 Å². The normalized spacial score (nSPS) is 12.5. The van der Waals surface area contributed by atoms with Crippen molar-refractivity contribution in [3.8, 4) is 0 Å². The number of esters is 2. The number of carbonyl (C=O) groups is 3. The van der Waals surface area contributed by atoms with Gasteiger partial charge in [-0.15, -0.1) is 0 Å². The highest BCUT2D eigenvalue weighted by molar-refractivity contribution is 5.70. The molecule has 0 spiro atoms. The lowest BCUT2D eigenvalue weighted by molar-refractivity contribution is -0.870. The summed E-state index contributed by atoms with van der Waals surface area (Å²) >= 11 is 0. The van der Waals surface area contributed by atoms with Crippen molar-refractivity contribution in [3.63, 3.8) is 0 Å². The van der Waals surface area contributed by atoms with E-state index in [1.165, 1.54) is 334 Å². The number of rotatable bonds is 71. The van der Waals surface area contributed by atoms with Gasteiger partial charge in [0.1, 0.15) is 13.2 Å². The minimum atomic E-state index is -1.62. The van der Waals surface area contributed by atoms with E-state index in [9.17, 15) is 19.5 Å². The Kier molecular flexibility index (Phi) is 64.9. The highest BCUT2D eigenvalue weighted by Gasteiger charge is 2.22. The minimum absolute atomic E-state index is 0.154. The first-order valence-corrected chi connectivity index (χ1v) is 37.2. The molecule has 0 saturated heterocycles. The van der Waals surface area contributed by atoms with Crippen LogP contribution in [0.1, 0.15) is 399 Å². The molecular weight excluding hydrogens is 1030 g/mol. The molecule has 9 nitrogen and oxygen atoms in total. The first kappa shape index (κ1) is 81.3. The maximum Gasteiger partial charge on any atom is 0.306 e. The molecule has 0 N–H and O–H groups in total. The molecule has 0 radical (unpaired) electrons. The Morgan fingerprint density at radius 1 is 0.313 bits per heavy atom. The molecule has 494 valence electrons. The average molecular weight is 1180 g/mol. The smallest absolute Gasteiger partial charge is 0.306 e. The third-order valence-corrected chi connectivity index (χ3v) is 17.4. The van der Waals surface area contributed by atoms with E-state index in [2.05, 4.69) is 13.8 Å². The van der Waals surface area contributed by atoms with Crippen molar-refractivity contribution in [1.29, 1.82) is 0 Å². The first-order valence-electron chi connectivity index (χ1n) is 37.2. The third kappa shape index (κ3) is 67.7. The van der Waals surface area contributed by atoms with Gasteiger partial charge in [-0.25, -0.2) is 0 Å². The van der Waals surface area contributed by atoms with E-state index in [0.717, 1.165) is 38.5 Å². The second-order valence-corrected chi connectivity index (χ2v) is 27.0. The first-order chi connectivity index (χ1) is 40.6. The predicted octanol–water partition coefficient (Wildman–Crippen LogP) is 21.7. The van der Waals surface area contributed by atoms with E-state index in [-0.39, 0.29) is 32.2 Å². The number of likely N-dealkylation sites (N-methyl/N-ethyl adjacent to an activating group) is 1. The predicted molar refractivity (Wildman–Crippen MR) is 353 cm³/mol. The highest BCUT2D eigenvalue weighted by atomic mass is 16.7. The summed E-state index contributed by atoms with van der Waals surface area (Å²) in [6.45, 7) is 4.85. The van der Waals surface area contributed by atoms with Crippen LogP contribution >= 0.6 is 0 Å². The molecule has 9 heteroatoms. The summed E-state index contributed by atoms with van der Waals surface area (Å²) < 4.78 is 22.9. The van der Waals surface area contributed by atoms with Crippen LogP contribution in [0, 0.1) is 0 Å². The van der Waals surface area contributed by atoms with Crippen LogP contribution in [0.15, 0.2) is 0 Å². The van der Waals surface area contributed by atoms with Crippen LogP contribution in [0.5, 0.6) is 0 Å². The van der Waals surface area contributed by atoms with Crippen molar-refractivity contribution in [2.75, 3.05) is 47.5 Å². The van der Waals surface area contributed by atoms with Crippen molar-refractivity contribution in [2.45, 2.75) is 411 Å². The Bertz CT molecular complexity index is 1320. The summed E-state index contributed by atoms with van der Waals surface area (Å²) in [6.07, 6.45) is 76.4. The Morgan fingerprint density at radius 2 is 0.542 bits per heavy atom. The van der Waals surface area contributed by atoms with E-state index in [1.54, 1.807) is 0 Å². The molecule has 2 atom stereocenters. The van der Waals surface area contributed by atoms with Crippen molar-refractivity contribution in [2.24, 2.45) is 0 Å². The van der Waals surface area contributed by atoms with Crippen LogP contribution in [0.3, 0.4) is 0 Å². The number of hydrogen-bond donors (Lipinski definition) is 0. The molecule has 0 aromatic heterocycles. The monoisotopic (exact) mass is 1180 g/mol. The molecule has 0 fully saturated rings. The summed E-state index contributed by atoms with van der Waals surface area (Å²) in [5.41, 5.74) is 0. The topological polar surface area (TPSA) is 111 Å². The Morgan fingerprint density at radius 3 is 0.771 bits per heavy atom. The van der Waals surface area contributed by atoms with Gasteiger partial charge >= 0.3 is 11.9 Å². The second kappa shape index (κ2) is 66.2. The lowest BCUT2D eigenvalue weighted by atomic mass is 10.0. The van der Waals surface area contributed by atoms with Crippen LogP contribution in [0.25, 0.3) is 0 Å². The number of aliphatic carboxylic acids is 1. The molecule has 2 unspecified atom stereocenters. The molecule has 83 heavy (non-hydrogen) atoms. The maximum absolute atomic E-state index is 12.9. The van der Waals surface area contributed by atoms with Crippen LogP contribution in [0.4, 0.5) is 0 Å². The van der Waals surface area contributed by atoms with Gasteiger partial charge in [0.25, 0.3) is 0 Å². The van der Waals surface area contributed by atoms with Crippen molar-refractivity contribution >= 4 is 17.9 Å². The molecule has 0 aliphatic rings. The Labute approximate surface area is 517 Å². The fourth-order valence-corrected chi connectivity index (χ4v) is 11.7. The van der Waals surface area contributed by atoms with Crippen LogP contribution in [-0.4, -0.2) is 82.3 Å². The Balaban J connectivity index is 4.00. The fraction of sp³-hybridized carbons (Fsp3) is 0.959. The summed E-state index contributed by atoms with van der Waals surface area (Å²) in [4.78, 5) is 37.5. The summed E-state index contributed by atoms with van der Waals surface area (Å²) in [5.74, 6) is -2.24. The van der Waals surface area contributed by atoms with Gasteiger partial charge in [0, 0.05) is 12.8 Å². The summed E-state index contributed by atoms with van der Waals surface area (Å²) in [5, 5.41) is 11.8. The standard InChI is InChI=1S/C74H145NO8/c1-6-8-10-12-14-16-18-20-22-24-26-28-30-32-34-35-36-37-38-39-41-43-45-47-49-51-53-55-57-59-61-63-65-72(77)83-70(69-82-74(73(78)79)80-67-66-75(3,4)5)68-81-71(76)64-62-60-58-56-54-52-50-48-46-44-42-40-33-31-29-27-25-23-21-19-17-15-13-11-9-7-2/h70,74H,6-69H2,1-5H3. The van der Waals surface area contributed by atoms with Gasteiger partial charge < -0.3 is 33.3 Å². The van der Waals surface area contributed by atoms with Gasteiger partial charge in [0.15, 0.2) is 12.4 Å². The summed E-state index contributed by atoms with van der Waals surface area (Å²) in [6, 6.07) is 0. The van der Waals surface area contributed by atoms with Crippen LogP contribution in [-0.2, 0) is 33.3 Å². The number of carbonyl (C=O) groups excluding carboxylic acids is 3. The number of hydrogen-bond acceptors (Lipinski definition) is 8. The van der Waals surface area contributed by atoms with Gasteiger partial charge in [-0.1, -0.05) is 373 Å².